The summed E-state index contributed by atoms with van der Waals surface area (Å²) in [7, 11) is 1.75. The lowest BCUT2D eigenvalue weighted by Crippen LogP contribution is -2.54. The van der Waals surface area contributed by atoms with Gasteiger partial charge in [0.05, 0.1) is 6.04 Å². The number of hydrogen-bond donors (Lipinski definition) is 0. The predicted molar refractivity (Wildman–Crippen MR) is 82.1 cm³/mol. The van der Waals surface area contributed by atoms with Crippen LogP contribution >= 0.6 is 0 Å². The van der Waals surface area contributed by atoms with E-state index in [-0.39, 0.29) is 24.5 Å². The molecule has 0 N–H and O–H groups in total. The van der Waals surface area contributed by atoms with Crippen LogP contribution < -0.4 is 0 Å². The van der Waals surface area contributed by atoms with E-state index in [1.807, 2.05) is 35.2 Å². The Balaban J connectivity index is 1.86. The highest BCUT2D eigenvalue weighted by Crippen LogP contribution is 2.30. The quantitative estimate of drug-likeness (QED) is 0.834. The fourth-order valence-corrected chi connectivity index (χ4v) is 3.26. The second-order valence-corrected chi connectivity index (χ2v) is 5.98. The van der Waals surface area contributed by atoms with Crippen molar-refractivity contribution in [1.82, 2.24) is 9.80 Å². The van der Waals surface area contributed by atoms with Gasteiger partial charge in [-0.3, -0.25) is 9.59 Å². The Hall–Kier alpha value is -1.88. The van der Waals surface area contributed by atoms with Crippen molar-refractivity contribution < 1.29 is 14.3 Å². The highest BCUT2D eigenvalue weighted by Gasteiger charge is 2.41. The highest BCUT2D eigenvalue weighted by molar-refractivity contribution is 5.86. The van der Waals surface area contributed by atoms with Gasteiger partial charge in [-0.05, 0) is 24.8 Å². The molecule has 2 saturated heterocycles. The molecule has 5 heteroatoms. The van der Waals surface area contributed by atoms with Crippen LogP contribution in [0.4, 0.5) is 0 Å². The molecule has 2 amide bonds. The van der Waals surface area contributed by atoms with Crippen LogP contribution in [0.15, 0.2) is 30.3 Å². The first-order valence-electron chi connectivity index (χ1n) is 7.89. The molecule has 0 saturated carbocycles. The third kappa shape index (κ3) is 2.86. The van der Waals surface area contributed by atoms with Crippen LogP contribution in [0.2, 0.25) is 0 Å². The van der Waals surface area contributed by atoms with E-state index in [0.717, 1.165) is 31.5 Å². The standard InChI is InChI=1S/C17H22N2O3/c1-18-14(20)12-22-16(15(18)13-8-4-2-5-9-13)17(21)19-10-6-3-7-11-19/h2,4-5,8-9,15-16H,3,6-7,10-12H2,1H3/t15-,16-/m0/s1. The average Bonchev–Trinajstić information content (AvgIpc) is 2.58. The summed E-state index contributed by atoms with van der Waals surface area (Å²) in [4.78, 5) is 28.4. The van der Waals surface area contributed by atoms with E-state index in [1.54, 1.807) is 11.9 Å². The minimum absolute atomic E-state index is 0.00732. The molecule has 0 bridgehead atoms. The Kier molecular flexibility index (Phi) is 4.43. The predicted octanol–water partition coefficient (Wildman–Crippen LogP) is 1.60. The van der Waals surface area contributed by atoms with Gasteiger partial charge in [0.2, 0.25) is 5.91 Å². The molecule has 2 atom stereocenters. The van der Waals surface area contributed by atoms with Crippen molar-refractivity contribution in [3.63, 3.8) is 0 Å². The van der Waals surface area contributed by atoms with Gasteiger partial charge in [0.1, 0.15) is 6.61 Å². The fraction of sp³-hybridized carbons (Fsp3) is 0.529. The maximum Gasteiger partial charge on any atom is 0.254 e. The van der Waals surface area contributed by atoms with Crippen molar-refractivity contribution in [2.45, 2.75) is 31.4 Å². The minimum atomic E-state index is -0.608. The van der Waals surface area contributed by atoms with E-state index in [4.69, 9.17) is 4.74 Å². The maximum absolute atomic E-state index is 12.9. The van der Waals surface area contributed by atoms with Crippen LogP contribution in [0.5, 0.6) is 0 Å². The molecule has 0 aliphatic carbocycles. The summed E-state index contributed by atoms with van der Waals surface area (Å²) in [6, 6.07) is 9.31. The first kappa shape index (κ1) is 15.0. The van der Waals surface area contributed by atoms with E-state index in [0.29, 0.717) is 0 Å². The number of carbonyl (C=O) groups is 2. The van der Waals surface area contributed by atoms with Gasteiger partial charge in [-0.1, -0.05) is 30.3 Å². The SMILES string of the molecule is CN1C(=O)CO[C@H](C(=O)N2CCCCC2)[C@@H]1c1ccccc1. The van der Waals surface area contributed by atoms with Gasteiger partial charge in [0.15, 0.2) is 6.10 Å². The van der Waals surface area contributed by atoms with E-state index >= 15 is 0 Å². The van der Waals surface area contributed by atoms with Gasteiger partial charge >= 0.3 is 0 Å². The molecule has 2 aliphatic rings. The number of hydrogen-bond acceptors (Lipinski definition) is 3. The van der Waals surface area contributed by atoms with Gasteiger partial charge in [0, 0.05) is 20.1 Å². The van der Waals surface area contributed by atoms with Gasteiger partial charge in [-0.15, -0.1) is 0 Å². The zero-order chi connectivity index (χ0) is 15.5. The summed E-state index contributed by atoms with van der Waals surface area (Å²) in [6.07, 6.45) is 2.66. The van der Waals surface area contributed by atoms with Gasteiger partial charge in [-0.2, -0.15) is 0 Å². The number of likely N-dealkylation sites (N-methyl/N-ethyl adjacent to an activating group) is 1. The van der Waals surface area contributed by atoms with Gasteiger partial charge < -0.3 is 14.5 Å². The number of nitrogens with zero attached hydrogens (tertiary/aromatic N) is 2. The minimum Gasteiger partial charge on any atom is -0.356 e. The molecule has 0 spiro atoms. The number of morpholine rings is 1. The summed E-state index contributed by atoms with van der Waals surface area (Å²) in [5, 5.41) is 0. The molecule has 1 aromatic carbocycles. The number of benzene rings is 1. The summed E-state index contributed by atoms with van der Waals surface area (Å²) >= 11 is 0. The number of ether oxygens (including phenoxy) is 1. The summed E-state index contributed by atoms with van der Waals surface area (Å²) in [6.45, 7) is 1.56. The molecule has 0 unspecified atom stereocenters. The third-order valence-corrected chi connectivity index (χ3v) is 4.54. The molecule has 22 heavy (non-hydrogen) atoms. The van der Waals surface area contributed by atoms with Crippen LogP contribution in [-0.4, -0.2) is 54.5 Å². The van der Waals surface area contributed by atoms with E-state index < -0.39 is 6.10 Å². The lowest BCUT2D eigenvalue weighted by molar-refractivity contribution is -0.167. The van der Waals surface area contributed by atoms with Crippen LogP contribution in [0.25, 0.3) is 0 Å². The topological polar surface area (TPSA) is 49.9 Å². The molecule has 0 aromatic heterocycles. The van der Waals surface area contributed by atoms with E-state index in [1.165, 1.54) is 6.42 Å². The Morgan fingerprint density at radius 2 is 1.82 bits per heavy atom. The normalized spacial score (nSPS) is 26.1. The fourth-order valence-electron chi connectivity index (χ4n) is 3.26. The molecule has 0 radical (unpaired) electrons. The highest BCUT2D eigenvalue weighted by atomic mass is 16.5. The van der Waals surface area contributed by atoms with Crippen LogP contribution in [-0.2, 0) is 14.3 Å². The Bertz CT molecular complexity index is 540. The number of piperidine rings is 1. The second kappa shape index (κ2) is 6.48. The zero-order valence-electron chi connectivity index (χ0n) is 12.9. The smallest absolute Gasteiger partial charge is 0.254 e. The second-order valence-electron chi connectivity index (χ2n) is 5.98. The van der Waals surface area contributed by atoms with Crippen molar-refractivity contribution in [3.8, 4) is 0 Å². The number of rotatable bonds is 2. The molecular formula is C17H22N2O3. The monoisotopic (exact) mass is 302 g/mol. The Morgan fingerprint density at radius 1 is 1.14 bits per heavy atom. The van der Waals surface area contributed by atoms with Crippen molar-refractivity contribution in [2.24, 2.45) is 0 Å². The van der Waals surface area contributed by atoms with Crippen LogP contribution in [0.3, 0.4) is 0 Å². The Labute approximate surface area is 130 Å². The first-order chi connectivity index (χ1) is 10.7. The maximum atomic E-state index is 12.9. The van der Waals surface area contributed by atoms with Crippen LogP contribution in [0, 0.1) is 0 Å². The molecule has 5 nitrogen and oxygen atoms in total. The molecule has 2 aliphatic heterocycles. The van der Waals surface area contributed by atoms with E-state index in [9.17, 15) is 9.59 Å². The van der Waals surface area contributed by atoms with E-state index in [2.05, 4.69) is 0 Å². The molecule has 2 fully saturated rings. The lowest BCUT2D eigenvalue weighted by Gasteiger charge is -2.40. The van der Waals surface area contributed by atoms with Crippen molar-refractivity contribution in [1.29, 1.82) is 0 Å². The summed E-state index contributed by atoms with van der Waals surface area (Å²) in [5.74, 6) is -0.0792. The molecule has 1 aromatic rings. The molecule has 118 valence electrons. The number of carbonyl (C=O) groups excluding carboxylic acids is 2. The molecular weight excluding hydrogens is 280 g/mol. The zero-order valence-corrected chi connectivity index (χ0v) is 12.9. The summed E-state index contributed by atoms with van der Waals surface area (Å²) in [5.41, 5.74) is 0.938. The van der Waals surface area contributed by atoms with Crippen molar-refractivity contribution in [3.05, 3.63) is 35.9 Å². The first-order valence-corrected chi connectivity index (χ1v) is 7.89. The Morgan fingerprint density at radius 3 is 2.50 bits per heavy atom. The van der Waals surface area contributed by atoms with Gasteiger partial charge in [0.25, 0.3) is 5.91 Å². The molecule has 3 rings (SSSR count). The third-order valence-electron chi connectivity index (χ3n) is 4.54. The number of amides is 2. The summed E-state index contributed by atoms with van der Waals surface area (Å²) < 4.78 is 5.66. The van der Waals surface area contributed by atoms with Crippen molar-refractivity contribution in [2.75, 3.05) is 26.7 Å². The van der Waals surface area contributed by atoms with Gasteiger partial charge in [-0.25, -0.2) is 0 Å². The number of likely N-dealkylation sites (tertiary alicyclic amines) is 1. The molecule has 2 heterocycles. The van der Waals surface area contributed by atoms with Crippen LogP contribution in [0.1, 0.15) is 30.9 Å². The van der Waals surface area contributed by atoms with Crippen molar-refractivity contribution >= 4 is 11.8 Å². The largest absolute Gasteiger partial charge is 0.356 e. The lowest BCUT2D eigenvalue weighted by atomic mass is 9.96. The average molecular weight is 302 g/mol.